The average Bonchev–Trinajstić information content (AvgIpc) is 2.71. The van der Waals surface area contributed by atoms with Crippen molar-refractivity contribution in [2.75, 3.05) is 0 Å². The normalized spacial score (nSPS) is 25.7. The summed E-state index contributed by atoms with van der Waals surface area (Å²) < 4.78 is 0.885. The summed E-state index contributed by atoms with van der Waals surface area (Å²) in [6, 6.07) is 15.9. The van der Waals surface area contributed by atoms with Gasteiger partial charge < -0.3 is 10.4 Å². The van der Waals surface area contributed by atoms with Crippen LogP contribution in [0.15, 0.2) is 54.6 Å². The van der Waals surface area contributed by atoms with E-state index in [4.69, 9.17) is 11.6 Å². The molecule has 1 N–H and O–H groups in total. The van der Waals surface area contributed by atoms with Gasteiger partial charge in [0, 0.05) is 23.1 Å². The van der Waals surface area contributed by atoms with E-state index in [9.17, 15) is 10.4 Å². The van der Waals surface area contributed by atoms with Crippen LogP contribution in [0.1, 0.15) is 25.0 Å². The number of hydrogen-bond acceptors (Lipinski definition) is 3. The molecule has 0 bridgehead atoms. The van der Waals surface area contributed by atoms with Crippen LogP contribution < -0.4 is 0 Å². The van der Waals surface area contributed by atoms with Crippen LogP contribution in [0, 0.1) is 5.21 Å². The van der Waals surface area contributed by atoms with E-state index >= 15 is 0 Å². The Hall–Kier alpha value is -1.88. The topological polar surface area (TPSA) is 49.5 Å². The molecule has 0 aliphatic carbocycles. The van der Waals surface area contributed by atoms with E-state index in [2.05, 4.69) is 0 Å². The minimum atomic E-state index is -1.19. The lowest BCUT2D eigenvalue weighted by Gasteiger charge is -2.29. The van der Waals surface area contributed by atoms with Crippen molar-refractivity contribution in [3.63, 3.8) is 0 Å². The van der Waals surface area contributed by atoms with Crippen molar-refractivity contribution in [2.24, 2.45) is 0 Å². The van der Waals surface area contributed by atoms with Crippen molar-refractivity contribution in [1.29, 1.82) is 0 Å². The number of halogens is 1. The molecule has 2 aromatic carbocycles. The zero-order valence-electron chi connectivity index (χ0n) is 12.4. The molecule has 2 atom stereocenters. The third kappa shape index (κ3) is 2.11. The molecule has 0 saturated carbocycles. The van der Waals surface area contributed by atoms with Crippen LogP contribution in [-0.2, 0) is 5.66 Å². The minimum Gasteiger partial charge on any atom is -0.622 e. The summed E-state index contributed by atoms with van der Waals surface area (Å²) in [5.74, 6) is 0. The highest BCUT2D eigenvalue weighted by Crippen LogP contribution is 2.36. The summed E-state index contributed by atoms with van der Waals surface area (Å²) in [7, 11) is 0. The van der Waals surface area contributed by atoms with Crippen molar-refractivity contribution in [3.05, 3.63) is 76.0 Å². The number of benzene rings is 2. The van der Waals surface area contributed by atoms with Crippen LogP contribution in [0.25, 0.3) is 0 Å². The number of nitrogens with zero attached hydrogens (tertiary/aromatic N) is 2. The third-order valence-electron chi connectivity index (χ3n) is 4.28. The minimum absolute atomic E-state index is 0.416. The second-order valence-electron chi connectivity index (χ2n) is 5.59. The summed E-state index contributed by atoms with van der Waals surface area (Å²) in [5.41, 5.74) is 0.851. The van der Waals surface area contributed by atoms with E-state index in [0.29, 0.717) is 16.3 Å². The fraction of sp³-hybridized carbons (Fsp3) is 0.235. The molecular formula is C17H17ClN2O2. The highest BCUT2D eigenvalue weighted by atomic mass is 35.5. The maximum Gasteiger partial charge on any atom is 0.274 e. The van der Waals surface area contributed by atoms with Gasteiger partial charge in [0.05, 0.1) is 0 Å². The van der Waals surface area contributed by atoms with Crippen LogP contribution in [-0.4, -0.2) is 26.8 Å². The molecule has 4 nitrogen and oxygen atoms in total. The summed E-state index contributed by atoms with van der Waals surface area (Å²) in [4.78, 5) is 0. The number of hydroxylamine groups is 3. The third-order valence-corrected chi connectivity index (χ3v) is 4.54. The molecule has 0 aromatic heterocycles. The van der Waals surface area contributed by atoms with Gasteiger partial charge in [-0.1, -0.05) is 29.8 Å². The first-order valence-corrected chi connectivity index (χ1v) is 7.48. The van der Waals surface area contributed by atoms with E-state index in [1.54, 1.807) is 31.2 Å². The molecule has 3 rings (SSSR count). The van der Waals surface area contributed by atoms with Gasteiger partial charge >= 0.3 is 0 Å². The Kier molecular flexibility index (Phi) is 3.68. The lowest BCUT2D eigenvalue weighted by molar-refractivity contribution is -0.595. The van der Waals surface area contributed by atoms with E-state index in [1.807, 2.05) is 37.3 Å². The van der Waals surface area contributed by atoms with Gasteiger partial charge in [0.25, 0.3) is 5.66 Å². The van der Waals surface area contributed by atoms with E-state index in [0.717, 1.165) is 15.4 Å². The largest absolute Gasteiger partial charge is 0.622 e. The first kappa shape index (κ1) is 15.0. The smallest absolute Gasteiger partial charge is 0.274 e. The predicted octanol–water partition coefficient (Wildman–Crippen LogP) is 3.61. The lowest BCUT2D eigenvalue weighted by atomic mass is 10.0. The van der Waals surface area contributed by atoms with Gasteiger partial charge in [-0.2, -0.15) is 4.74 Å². The Morgan fingerprint density at radius 2 is 1.73 bits per heavy atom. The summed E-state index contributed by atoms with van der Waals surface area (Å²) in [6.45, 7) is 3.52. The molecular weight excluding hydrogens is 300 g/mol. The van der Waals surface area contributed by atoms with Crippen molar-refractivity contribution in [3.8, 4) is 0 Å². The van der Waals surface area contributed by atoms with Gasteiger partial charge in [-0.15, -0.1) is 5.06 Å². The van der Waals surface area contributed by atoms with Crippen LogP contribution in [0.2, 0.25) is 5.02 Å². The Morgan fingerprint density at radius 1 is 1.14 bits per heavy atom. The van der Waals surface area contributed by atoms with Crippen LogP contribution in [0.4, 0.5) is 0 Å². The second-order valence-corrected chi connectivity index (χ2v) is 6.03. The van der Waals surface area contributed by atoms with Gasteiger partial charge in [0.15, 0.2) is 0 Å². The number of hydrogen-bond donors (Lipinski definition) is 1. The van der Waals surface area contributed by atoms with Crippen LogP contribution in [0.3, 0.4) is 0 Å². The predicted molar refractivity (Wildman–Crippen MR) is 86.1 cm³/mol. The zero-order valence-corrected chi connectivity index (χ0v) is 13.2. The first-order valence-electron chi connectivity index (χ1n) is 7.10. The summed E-state index contributed by atoms with van der Waals surface area (Å²) in [6.07, 6.45) is 0. The molecule has 0 spiro atoms. The van der Waals surface area contributed by atoms with Crippen molar-refractivity contribution < 1.29 is 9.95 Å². The Balaban J connectivity index is 2.16. The standard InChI is InChI=1S/C17H17ClN2O2/c1-12-16(13-6-4-3-5-7-13)20(22)17(2,19(12)21)14-8-10-15(18)11-9-14/h3-12,21H,1-2H3/t12-,17+/m1/s1. The van der Waals surface area contributed by atoms with E-state index in [1.165, 1.54) is 0 Å². The number of rotatable bonds is 2. The Morgan fingerprint density at radius 3 is 2.32 bits per heavy atom. The molecule has 5 heteroatoms. The van der Waals surface area contributed by atoms with Gasteiger partial charge in [-0.3, -0.25) is 0 Å². The Bertz CT molecular complexity index is 715. The molecule has 0 radical (unpaired) electrons. The van der Waals surface area contributed by atoms with Crippen molar-refractivity contribution in [2.45, 2.75) is 25.6 Å². The van der Waals surface area contributed by atoms with E-state index in [-0.39, 0.29) is 0 Å². The highest BCUT2D eigenvalue weighted by Gasteiger charge is 2.54. The second kappa shape index (κ2) is 5.39. The SMILES string of the molecule is C[C@@H]1C(c2ccccc2)=[N+]([O-])[C@@](C)(c2ccc(Cl)cc2)N1O. The van der Waals surface area contributed by atoms with Crippen LogP contribution in [0.5, 0.6) is 0 Å². The van der Waals surface area contributed by atoms with Crippen LogP contribution >= 0.6 is 11.6 Å². The van der Waals surface area contributed by atoms with E-state index < -0.39 is 11.7 Å². The highest BCUT2D eigenvalue weighted by molar-refractivity contribution is 6.30. The van der Waals surface area contributed by atoms with Gasteiger partial charge in [-0.25, -0.2) is 0 Å². The van der Waals surface area contributed by atoms with Crippen molar-refractivity contribution >= 4 is 17.3 Å². The molecule has 1 heterocycles. The quantitative estimate of drug-likeness (QED) is 0.680. The lowest BCUT2D eigenvalue weighted by Crippen LogP contribution is -2.45. The molecule has 1 aliphatic heterocycles. The fourth-order valence-corrected chi connectivity index (χ4v) is 3.10. The van der Waals surface area contributed by atoms with Gasteiger partial charge in [-0.05, 0) is 43.3 Å². The molecule has 22 heavy (non-hydrogen) atoms. The summed E-state index contributed by atoms with van der Waals surface area (Å²) >= 11 is 5.92. The molecule has 0 amide bonds. The van der Waals surface area contributed by atoms with Crippen molar-refractivity contribution in [1.82, 2.24) is 5.06 Å². The van der Waals surface area contributed by atoms with Gasteiger partial charge in [0.2, 0.25) is 5.71 Å². The molecule has 0 fully saturated rings. The maximum absolute atomic E-state index is 13.0. The zero-order chi connectivity index (χ0) is 15.9. The first-order chi connectivity index (χ1) is 10.5. The monoisotopic (exact) mass is 316 g/mol. The maximum atomic E-state index is 13.0. The molecule has 0 saturated heterocycles. The molecule has 114 valence electrons. The molecule has 1 aliphatic rings. The fourth-order valence-electron chi connectivity index (χ4n) is 2.97. The molecule has 0 unspecified atom stereocenters. The van der Waals surface area contributed by atoms with Gasteiger partial charge in [0.1, 0.15) is 6.04 Å². The Labute approximate surface area is 134 Å². The average molecular weight is 317 g/mol. The molecule has 2 aromatic rings. The summed E-state index contributed by atoms with van der Waals surface area (Å²) in [5, 5.41) is 25.3.